The van der Waals surface area contributed by atoms with Crippen molar-refractivity contribution in [1.29, 1.82) is 0 Å². The van der Waals surface area contributed by atoms with E-state index in [1.165, 1.54) is 32.4 Å². The van der Waals surface area contributed by atoms with E-state index in [0.717, 1.165) is 25.4 Å². The van der Waals surface area contributed by atoms with Crippen LogP contribution in [-0.2, 0) is 4.74 Å². The van der Waals surface area contributed by atoms with E-state index in [1.54, 1.807) is 0 Å². The first-order valence-corrected chi connectivity index (χ1v) is 8.08. The topological polar surface area (TPSA) is 41.6 Å². The molecule has 0 aromatic carbocycles. The molecule has 1 spiro atoms. The predicted molar refractivity (Wildman–Crippen MR) is 78.6 cm³/mol. The summed E-state index contributed by atoms with van der Waals surface area (Å²) in [5.41, 5.74) is 0.191. The lowest BCUT2D eigenvalue weighted by atomic mass is 9.88. The maximum absolute atomic E-state index is 12.1. The van der Waals surface area contributed by atoms with Gasteiger partial charge < -0.3 is 15.0 Å². The van der Waals surface area contributed by atoms with Gasteiger partial charge in [-0.05, 0) is 70.3 Å². The van der Waals surface area contributed by atoms with Gasteiger partial charge in [-0.15, -0.1) is 0 Å². The fourth-order valence-corrected chi connectivity index (χ4v) is 4.14. The minimum absolute atomic E-state index is 0.128. The molecule has 0 aromatic rings. The number of nitrogens with zero attached hydrogens (tertiary/aromatic N) is 1. The highest BCUT2D eigenvalue weighted by molar-refractivity contribution is 5.68. The molecule has 4 heteroatoms. The second-order valence-corrected chi connectivity index (χ2v) is 7.93. The van der Waals surface area contributed by atoms with Crippen molar-refractivity contribution in [3.8, 4) is 0 Å². The van der Waals surface area contributed by atoms with E-state index in [4.69, 9.17) is 4.74 Å². The summed E-state index contributed by atoms with van der Waals surface area (Å²) in [6, 6.07) is 0. The molecule has 3 fully saturated rings. The van der Waals surface area contributed by atoms with Crippen molar-refractivity contribution in [3.63, 3.8) is 0 Å². The van der Waals surface area contributed by atoms with Crippen LogP contribution in [0.25, 0.3) is 0 Å². The summed E-state index contributed by atoms with van der Waals surface area (Å²) < 4.78 is 5.48. The Balaban J connectivity index is 1.52. The van der Waals surface area contributed by atoms with Crippen molar-refractivity contribution in [2.24, 2.45) is 17.3 Å². The molecule has 0 bridgehead atoms. The summed E-state index contributed by atoms with van der Waals surface area (Å²) in [4.78, 5) is 14.0. The molecule has 3 rings (SSSR count). The molecule has 20 heavy (non-hydrogen) atoms. The lowest BCUT2D eigenvalue weighted by Gasteiger charge is -2.26. The fraction of sp³-hybridized carbons (Fsp3) is 0.938. The minimum Gasteiger partial charge on any atom is -0.444 e. The number of ether oxygens (including phenoxy) is 1. The average molecular weight is 280 g/mol. The third-order valence-corrected chi connectivity index (χ3v) is 5.20. The molecule has 3 atom stereocenters. The van der Waals surface area contributed by atoms with Crippen LogP contribution in [0, 0.1) is 17.3 Å². The molecule has 1 saturated carbocycles. The Hall–Kier alpha value is -0.770. The lowest BCUT2D eigenvalue weighted by molar-refractivity contribution is 0.0285. The van der Waals surface area contributed by atoms with Crippen LogP contribution in [0.4, 0.5) is 4.79 Å². The van der Waals surface area contributed by atoms with Gasteiger partial charge in [-0.1, -0.05) is 0 Å². The molecule has 0 aromatic heterocycles. The van der Waals surface area contributed by atoms with Crippen molar-refractivity contribution in [2.75, 3.05) is 26.2 Å². The maximum Gasteiger partial charge on any atom is 0.410 e. The summed E-state index contributed by atoms with van der Waals surface area (Å²) in [5.74, 6) is 1.53. The van der Waals surface area contributed by atoms with E-state index in [0.29, 0.717) is 11.3 Å². The van der Waals surface area contributed by atoms with Gasteiger partial charge in [-0.25, -0.2) is 4.79 Å². The van der Waals surface area contributed by atoms with Crippen molar-refractivity contribution < 1.29 is 9.53 Å². The van der Waals surface area contributed by atoms with Gasteiger partial charge in [0.1, 0.15) is 5.60 Å². The third kappa shape index (κ3) is 2.80. The molecule has 1 amide bonds. The highest BCUT2D eigenvalue weighted by atomic mass is 16.6. The van der Waals surface area contributed by atoms with Gasteiger partial charge >= 0.3 is 6.09 Å². The van der Waals surface area contributed by atoms with Crippen LogP contribution in [0.5, 0.6) is 0 Å². The number of hydrogen-bond donors (Lipinski definition) is 1. The first-order valence-electron chi connectivity index (χ1n) is 8.08. The first kappa shape index (κ1) is 14.2. The third-order valence-electron chi connectivity index (χ3n) is 5.20. The molecule has 1 N–H and O–H groups in total. The molecular weight excluding hydrogens is 252 g/mol. The Morgan fingerprint density at radius 3 is 2.85 bits per heavy atom. The van der Waals surface area contributed by atoms with Gasteiger partial charge in [0.2, 0.25) is 0 Å². The zero-order valence-electron chi connectivity index (χ0n) is 13.1. The first-order chi connectivity index (χ1) is 9.40. The number of carbonyl (C=O) groups is 1. The van der Waals surface area contributed by atoms with Crippen molar-refractivity contribution in [2.45, 2.75) is 52.1 Å². The molecular formula is C16H28N2O2. The zero-order chi connectivity index (χ0) is 14.4. The molecule has 2 heterocycles. The fourth-order valence-electron chi connectivity index (χ4n) is 4.14. The van der Waals surface area contributed by atoms with E-state index in [9.17, 15) is 4.79 Å². The quantitative estimate of drug-likeness (QED) is 0.803. The van der Waals surface area contributed by atoms with Crippen molar-refractivity contribution in [1.82, 2.24) is 10.2 Å². The van der Waals surface area contributed by atoms with E-state index in [1.807, 2.05) is 25.7 Å². The summed E-state index contributed by atoms with van der Waals surface area (Å²) in [6.45, 7) is 9.96. The molecule has 0 radical (unpaired) electrons. The van der Waals surface area contributed by atoms with Crippen LogP contribution in [0.1, 0.15) is 46.5 Å². The SMILES string of the molecule is CC(C)(C)OC(=O)N1CCC(C2CC23CCCNC3)C1. The number of hydrogen-bond acceptors (Lipinski definition) is 3. The number of nitrogens with one attached hydrogen (secondary N) is 1. The number of rotatable bonds is 1. The second-order valence-electron chi connectivity index (χ2n) is 7.93. The lowest BCUT2D eigenvalue weighted by Crippen LogP contribution is -2.36. The molecule has 3 aliphatic rings. The summed E-state index contributed by atoms with van der Waals surface area (Å²) in [7, 11) is 0. The number of carbonyl (C=O) groups excluding carboxylic acids is 1. The molecule has 114 valence electrons. The van der Waals surface area contributed by atoms with Crippen molar-refractivity contribution in [3.05, 3.63) is 0 Å². The van der Waals surface area contributed by atoms with Crippen LogP contribution < -0.4 is 5.32 Å². The van der Waals surface area contributed by atoms with E-state index in [2.05, 4.69) is 5.32 Å². The highest BCUT2D eigenvalue weighted by Gasteiger charge is 2.58. The van der Waals surface area contributed by atoms with Crippen LogP contribution in [0.2, 0.25) is 0 Å². The van der Waals surface area contributed by atoms with Crippen molar-refractivity contribution >= 4 is 6.09 Å². The molecule has 3 unspecified atom stereocenters. The average Bonchev–Trinajstić information content (AvgIpc) is 2.86. The van der Waals surface area contributed by atoms with Gasteiger partial charge in [-0.2, -0.15) is 0 Å². The van der Waals surface area contributed by atoms with Gasteiger partial charge in [-0.3, -0.25) is 0 Å². The van der Waals surface area contributed by atoms with Gasteiger partial charge in [0.15, 0.2) is 0 Å². The van der Waals surface area contributed by atoms with Gasteiger partial charge in [0.05, 0.1) is 0 Å². The Morgan fingerprint density at radius 2 is 2.20 bits per heavy atom. The van der Waals surface area contributed by atoms with E-state index >= 15 is 0 Å². The van der Waals surface area contributed by atoms with Crippen LogP contribution in [-0.4, -0.2) is 42.8 Å². The van der Waals surface area contributed by atoms with E-state index < -0.39 is 0 Å². The van der Waals surface area contributed by atoms with Crippen LogP contribution >= 0.6 is 0 Å². The maximum atomic E-state index is 12.1. The zero-order valence-corrected chi connectivity index (χ0v) is 13.1. The number of piperidine rings is 1. The summed E-state index contributed by atoms with van der Waals surface area (Å²) in [6.07, 6.45) is 5.10. The predicted octanol–water partition coefficient (Wildman–Crippen LogP) is 2.63. The van der Waals surface area contributed by atoms with Crippen LogP contribution in [0.3, 0.4) is 0 Å². The molecule has 1 aliphatic carbocycles. The molecule has 4 nitrogen and oxygen atoms in total. The highest BCUT2D eigenvalue weighted by Crippen LogP contribution is 2.61. The molecule has 2 saturated heterocycles. The van der Waals surface area contributed by atoms with Gasteiger partial charge in [0.25, 0.3) is 0 Å². The number of likely N-dealkylation sites (tertiary alicyclic amines) is 1. The largest absolute Gasteiger partial charge is 0.444 e. The monoisotopic (exact) mass is 280 g/mol. The van der Waals surface area contributed by atoms with Gasteiger partial charge in [0, 0.05) is 19.6 Å². The Bertz CT molecular complexity index is 382. The number of amides is 1. The Morgan fingerprint density at radius 1 is 1.40 bits per heavy atom. The standard InChI is InChI=1S/C16H28N2O2/c1-15(2,3)20-14(19)18-8-5-12(10-18)13-9-16(13)6-4-7-17-11-16/h12-13,17H,4-11H2,1-3H3. The summed E-state index contributed by atoms with van der Waals surface area (Å²) >= 11 is 0. The second kappa shape index (κ2) is 4.90. The van der Waals surface area contributed by atoms with Crippen LogP contribution in [0.15, 0.2) is 0 Å². The Kier molecular flexibility index (Phi) is 3.47. The Labute approximate surface area is 122 Å². The minimum atomic E-state index is -0.386. The van der Waals surface area contributed by atoms with E-state index in [-0.39, 0.29) is 11.7 Å². The normalized spacial score (nSPS) is 37.2. The summed E-state index contributed by atoms with van der Waals surface area (Å²) in [5, 5.41) is 3.55. The smallest absolute Gasteiger partial charge is 0.410 e. The molecule has 2 aliphatic heterocycles.